The lowest BCUT2D eigenvalue weighted by molar-refractivity contribution is 0.0697. The van der Waals surface area contributed by atoms with Crippen LogP contribution in [-0.2, 0) is 13.0 Å². The van der Waals surface area contributed by atoms with Gasteiger partial charge >= 0.3 is 5.97 Å². The molecule has 3 nitrogen and oxygen atoms in total. The van der Waals surface area contributed by atoms with Crippen LogP contribution in [-0.4, -0.2) is 11.1 Å². The molecule has 0 fully saturated rings. The smallest absolute Gasteiger partial charge is 0.335 e. The van der Waals surface area contributed by atoms with E-state index in [2.05, 4.69) is 36.5 Å². The molecule has 0 heterocycles. The fourth-order valence-electron chi connectivity index (χ4n) is 1.88. The second-order valence-electron chi connectivity index (χ2n) is 4.52. The number of anilines is 1. The van der Waals surface area contributed by atoms with Crippen LogP contribution in [0.4, 0.5) is 5.69 Å². The number of aryl methyl sites for hydroxylation is 1. The van der Waals surface area contributed by atoms with Crippen LogP contribution < -0.4 is 5.32 Å². The van der Waals surface area contributed by atoms with Crippen LogP contribution in [0.15, 0.2) is 42.5 Å². The van der Waals surface area contributed by atoms with E-state index in [0.29, 0.717) is 11.6 Å². The maximum atomic E-state index is 10.8. The summed E-state index contributed by atoms with van der Waals surface area (Å²) in [4.78, 5) is 10.8. The molecule has 0 unspecified atom stereocenters. The highest BCUT2D eigenvalue weighted by molar-refractivity contribution is 6.33. The van der Waals surface area contributed by atoms with Gasteiger partial charge in [-0.15, -0.1) is 0 Å². The molecule has 0 saturated heterocycles. The van der Waals surface area contributed by atoms with Gasteiger partial charge in [-0.2, -0.15) is 0 Å². The summed E-state index contributed by atoms with van der Waals surface area (Å²) in [5.41, 5.74) is 3.38. The SMILES string of the molecule is CCc1ccc(CNc2ccc(C(=O)O)cc2Cl)cc1. The van der Waals surface area contributed by atoms with E-state index >= 15 is 0 Å². The zero-order valence-corrected chi connectivity index (χ0v) is 11.9. The third kappa shape index (κ3) is 3.52. The topological polar surface area (TPSA) is 49.3 Å². The standard InChI is InChI=1S/C16H16ClNO2/c1-2-11-3-5-12(6-4-11)10-18-15-8-7-13(16(19)20)9-14(15)17/h3-9,18H,2,10H2,1H3,(H,19,20). The largest absolute Gasteiger partial charge is 0.478 e. The van der Waals surface area contributed by atoms with Crippen molar-refractivity contribution in [1.82, 2.24) is 0 Å². The zero-order chi connectivity index (χ0) is 14.5. The third-order valence-corrected chi connectivity index (χ3v) is 3.44. The van der Waals surface area contributed by atoms with Gasteiger partial charge in [0.25, 0.3) is 0 Å². The molecule has 0 spiro atoms. The van der Waals surface area contributed by atoms with Crippen molar-refractivity contribution in [3.8, 4) is 0 Å². The van der Waals surface area contributed by atoms with E-state index < -0.39 is 5.97 Å². The van der Waals surface area contributed by atoms with E-state index in [1.165, 1.54) is 17.7 Å². The van der Waals surface area contributed by atoms with E-state index in [1.54, 1.807) is 6.07 Å². The highest BCUT2D eigenvalue weighted by atomic mass is 35.5. The van der Waals surface area contributed by atoms with Crippen molar-refractivity contribution < 1.29 is 9.90 Å². The molecule has 2 rings (SSSR count). The van der Waals surface area contributed by atoms with Gasteiger partial charge in [0.2, 0.25) is 0 Å². The maximum Gasteiger partial charge on any atom is 0.335 e. The van der Waals surface area contributed by atoms with Crippen LogP contribution in [0.5, 0.6) is 0 Å². The zero-order valence-electron chi connectivity index (χ0n) is 11.2. The van der Waals surface area contributed by atoms with E-state index in [-0.39, 0.29) is 5.56 Å². The summed E-state index contributed by atoms with van der Waals surface area (Å²) < 4.78 is 0. The minimum absolute atomic E-state index is 0.188. The summed E-state index contributed by atoms with van der Waals surface area (Å²) in [6, 6.07) is 13.0. The number of carboxylic acids is 1. The monoisotopic (exact) mass is 289 g/mol. The van der Waals surface area contributed by atoms with Gasteiger partial charge in [0.05, 0.1) is 16.3 Å². The number of aromatic carboxylic acids is 1. The lowest BCUT2D eigenvalue weighted by atomic mass is 10.1. The second-order valence-corrected chi connectivity index (χ2v) is 4.93. The number of rotatable bonds is 5. The molecular formula is C16H16ClNO2. The molecule has 0 radical (unpaired) electrons. The van der Waals surface area contributed by atoms with Gasteiger partial charge in [-0.3, -0.25) is 0 Å². The Hall–Kier alpha value is -2.00. The van der Waals surface area contributed by atoms with Gasteiger partial charge in [0.15, 0.2) is 0 Å². The quantitative estimate of drug-likeness (QED) is 0.867. The Kier molecular flexibility index (Phi) is 4.64. The molecule has 0 saturated carbocycles. The number of nitrogens with one attached hydrogen (secondary N) is 1. The molecule has 0 amide bonds. The molecule has 20 heavy (non-hydrogen) atoms. The molecule has 0 atom stereocenters. The minimum atomic E-state index is -0.978. The number of carboxylic acid groups (broad SMARTS) is 1. The van der Waals surface area contributed by atoms with Crippen LogP contribution >= 0.6 is 11.6 Å². The highest BCUT2D eigenvalue weighted by Crippen LogP contribution is 2.23. The molecule has 4 heteroatoms. The summed E-state index contributed by atoms with van der Waals surface area (Å²) >= 11 is 6.06. The molecule has 0 aliphatic carbocycles. The van der Waals surface area contributed by atoms with Crippen molar-refractivity contribution in [3.63, 3.8) is 0 Å². The van der Waals surface area contributed by atoms with E-state index in [0.717, 1.165) is 17.7 Å². The van der Waals surface area contributed by atoms with Crippen molar-refractivity contribution >= 4 is 23.3 Å². The molecule has 2 aromatic carbocycles. The van der Waals surface area contributed by atoms with Gasteiger partial charge in [-0.25, -0.2) is 4.79 Å². The van der Waals surface area contributed by atoms with Crippen molar-refractivity contribution in [3.05, 3.63) is 64.2 Å². The van der Waals surface area contributed by atoms with Gasteiger partial charge in [-0.1, -0.05) is 42.8 Å². The average molecular weight is 290 g/mol. The van der Waals surface area contributed by atoms with Gasteiger partial charge in [-0.05, 0) is 35.7 Å². The lowest BCUT2D eigenvalue weighted by Crippen LogP contribution is -2.02. The predicted octanol–water partition coefficient (Wildman–Crippen LogP) is 4.21. The first-order chi connectivity index (χ1) is 9.60. The van der Waals surface area contributed by atoms with Gasteiger partial charge < -0.3 is 10.4 Å². The van der Waals surface area contributed by atoms with E-state index in [1.807, 2.05) is 0 Å². The van der Waals surface area contributed by atoms with Crippen LogP contribution in [0.3, 0.4) is 0 Å². The maximum absolute atomic E-state index is 10.8. The number of carbonyl (C=O) groups is 1. The molecule has 2 N–H and O–H groups in total. The van der Waals surface area contributed by atoms with Gasteiger partial charge in [0.1, 0.15) is 0 Å². The molecule has 0 aliphatic rings. The van der Waals surface area contributed by atoms with E-state index in [9.17, 15) is 4.79 Å². The summed E-state index contributed by atoms with van der Waals surface area (Å²) in [6.45, 7) is 2.77. The highest BCUT2D eigenvalue weighted by Gasteiger charge is 2.06. The Morgan fingerprint density at radius 2 is 1.80 bits per heavy atom. The number of benzene rings is 2. The summed E-state index contributed by atoms with van der Waals surface area (Å²) in [6.07, 6.45) is 1.02. The first-order valence-electron chi connectivity index (χ1n) is 6.44. The Balaban J connectivity index is 2.04. The summed E-state index contributed by atoms with van der Waals surface area (Å²) in [5.74, 6) is -0.978. The summed E-state index contributed by atoms with van der Waals surface area (Å²) in [5, 5.41) is 12.5. The lowest BCUT2D eigenvalue weighted by Gasteiger charge is -2.09. The molecule has 0 aliphatic heterocycles. The van der Waals surface area contributed by atoms with Crippen molar-refractivity contribution in [2.45, 2.75) is 19.9 Å². The first kappa shape index (κ1) is 14.4. The number of hydrogen-bond acceptors (Lipinski definition) is 2. The van der Waals surface area contributed by atoms with E-state index in [4.69, 9.17) is 16.7 Å². The second kappa shape index (κ2) is 6.44. The predicted molar refractivity (Wildman–Crippen MR) is 81.6 cm³/mol. The molecular weight excluding hydrogens is 274 g/mol. The number of halogens is 1. The third-order valence-electron chi connectivity index (χ3n) is 3.13. The van der Waals surface area contributed by atoms with Crippen LogP contribution in [0.2, 0.25) is 5.02 Å². The Labute approximate surface area is 123 Å². The summed E-state index contributed by atoms with van der Waals surface area (Å²) in [7, 11) is 0. The van der Waals surface area contributed by atoms with Gasteiger partial charge in [0, 0.05) is 6.54 Å². The van der Waals surface area contributed by atoms with Crippen LogP contribution in [0.1, 0.15) is 28.4 Å². The Morgan fingerprint density at radius 1 is 1.15 bits per heavy atom. The average Bonchev–Trinajstić information content (AvgIpc) is 2.46. The Bertz CT molecular complexity index is 608. The first-order valence-corrected chi connectivity index (χ1v) is 6.82. The normalized spacial score (nSPS) is 10.3. The van der Waals surface area contributed by atoms with Crippen molar-refractivity contribution in [1.29, 1.82) is 0 Å². The minimum Gasteiger partial charge on any atom is -0.478 e. The molecule has 2 aromatic rings. The Morgan fingerprint density at radius 3 is 2.35 bits per heavy atom. The molecule has 0 aromatic heterocycles. The fraction of sp³-hybridized carbons (Fsp3) is 0.188. The van der Waals surface area contributed by atoms with Crippen LogP contribution in [0.25, 0.3) is 0 Å². The van der Waals surface area contributed by atoms with Crippen molar-refractivity contribution in [2.24, 2.45) is 0 Å². The van der Waals surface area contributed by atoms with Crippen molar-refractivity contribution in [2.75, 3.05) is 5.32 Å². The molecule has 0 bridgehead atoms. The molecule has 104 valence electrons. The van der Waals surface area contributed by atoms with Crippen LogP contribution in [0, 0.1) is 0 Å². The fourth-order valence-corrected chi connectivity index (χ4v) is 2.13. The number of hydrogen-bond donors (Lipinski definition) is 2.